The largest absolute Gasteiger partial charge is 0.436 e. The first-order valence-electron chi connectivity index (χ1n) is 6.76. The van der Waals surface area contributed by atoms with Crippen LogP contribution in [-0.2, 0) is 0 Å². The van der Waals surface area contributed by atoms with Crippen molar-refractivity contribution in [1.29, 1.82) is 0 Å². The number of ether oxygens (including phenoxy) is 1. The number of nitrogens with one attached hydrogen (secondary N) is 1. The maximum Gasteiger partial charge on any atom is 0.265 e. The lowest BCUT2D eigenvalue weighted by atomic mass is 10.0. The second-order valence-electron chi connectivity index (χ2n) is 5.03. The molecule has 0 radical (unpaired) electrons. The van der Waals surface area contributed by atoms with Crippen molar-refractivity contribution in [2.45, 2.75) is 19.8 Å². The van der Waals surface area contributed by atoms with Crippen LogP contribution in [0.4, 0.5) is 5.82 Å². The number of hydrogen-bond donors (Lipinski definition) is 2. The minimum Gasteiger partial charge on any atom is -0.436 e. The number of imidazole rings is 1. The fourth-order valence-electron chi connectivity index (χ4n) is 2.20. The van der Waals surface area contributed by atoms with Crippen molar-refractivity contribution in [1.82, 2.24) is 14.4 Å². The van der Waals surface area contributed by atoms with E-state index in [1.807, 2.05) is 34.9 Å². The summed E-state index contributed by atoms with van der Waals surface area (Å²) in [5, 5.41) is 0. The van der Waals surface area contributed by atoms with E-state index in [2.05, 4.69) is 29.2 Å². The topological polar surface area (TPSA) is 77.5 Å². The number of nitrogen functional groups attached to an aromatic ring is 1. The molecule has 6 nitrogen and oxygen atoms in total. The number of rotatable bonds is 4. The molecule has 0 bridgehead atoms. The van der Waals surface area contributed by atoms with Gasteiger partial charge in [0.2, 0.25) is 5.65 Å². The summed E-state index contributed by atoms with van der Waals surface area (Å²) < 4.78 is 7.81. The number of nitrogens with two attached hydrogens (primary N) is 1. The van der Waals surface area contributed by atoms with Crippen molar-refractivity contribution in [3.8, 4) is 11.6 Å². The van der Waals surface area contributed by atoms with Gasteiger partial charge in [0.05, 0.1) is 6.20 Å². The Kier molecular flexibility index (Phi) is 3.45. The Morgan fingerprint density at radius 2 is 2.10 bits per heavy atom. The van der Waals surface area contributed by atoms with Crippen molar-refractivity contribution in [3.63, 3.8) is 0 Å². The fraction of sp³-hybridized carbons (Fsp3) is 0.200. The second kappa shape index (κ2) is 5.41. The van der Waals surface area contributed by atoms with Gasteiger partial charge in [-0.15, -0.1) is 0 Å². The number of hydrogen-bond acceptors (Lipinski definition) is 5. The van der Waals surface area contributed by atoms with Crippen LogP contribution < -0.4 is 16.0 Å². The zero-order valence-electron chi connectivity index (χ0n) is 11.9. The van der Waals surface area contributed by atoms with Gasteiger partial charge in [-0.05, 0) is 17.5 Å². The van der Waals surface area contributed by atoms with E-state index in [9.17, 15) is 0 Å². The molecule has 21 heavy (non-hydrogen) atoms. The molecule has 1 aromatic carbocycles. The second-order valence-corrected chi connectivity index (χ2v) is 5.03. The van der Waals surface area contributed by atoms with E-state index < -0.39 is 0 Å². The molecule has 0 saturated carbocycles. The molecule has 2 aromatic heterocycles. The van der Waals surface area contributed by atoms with Crippen molar-refractivity contribution < 1.29 is 4.74 Å². The summed E-state index contributed by atoms with van der Waals surface area (Å²) in [6, 6.07) is 7.92. The number of para-hydroxylation sites is 1. The molecule has 6 heteroatoms. The third-order valence-electron chi connectivity index (χ3n) is 3.24. The minimum absolute atomic E-state index is 0.354. The third-order valence-corrected chi connectivity index (χ3v) is 3.24. The number of fused-ring (bicyclic) bond motifs is 1. The molecule has 108 valence electrons. The number of benzene rings is 1. The van der Waals surface area contributed by atoms with Crippen molar-refractivity contribution in [3.05, 3.63) is 48.4 Å². The van der Waals surface area contributed by atoms with Crippen LogP contribution in [0, 0.1) is 0 Å². The zero-order chi connectivity index (χ0) is 14.8. The van der Waals surface area contributed by atoms with Gasteiger partial charge < -0.3 is 10.2 Å². The normalized spacial score (nSPS) is 11.0. The van der Waals surface area contributed by atoms with Crippen molar-refractivity contribution >= 4 is 11.5 Å². The Hall–Kier alpha value is -2.60. The van der Waals surface area contributed by atoms with Gasteiger partial charge in [0, 0.05) is 12.4 Å². The monoisotopic (exact) mass is 283 g/mol. The highest BCUT2D eigenvalue weighted by Crippen LogP contribution is 2.31. The third kappa shape index (κ3) is 2.53. The molecular formula is C15H17N5O. The summed E-state index contributed by atoms with van der Waals surface area (Å²) in [6.45, 7) is 4.25. The molecule has 0 aliphatic carbocycles. The quantitative estimate of drug-likeness (QED) is 0.568. The number of aromatic nitrogens is 3. The van der Waals surface area contributed by atoms with Crippen LogP contribution in [0.1, 0.15) is 25.3 Å². The summed E-state index contributed by atoms with van der Waals surface area (Å²) in [7, 11) is 0. The highest BCUT2D eigenvalue weighted by Gasteiger charge is 2.13. The first-order chi connectivity index (χ1) is 10.2. The van der Waals surface area contributed by atoms with Crippen molar-refractivity contribution in [2.75, 3.05) is 5.43 Å². The van der Waals surface area contributed by atoms with Crippen LogP contribution in [0.15, 0.2) is 42.9 Å². The van der Waals surface area contributed by atoms with Gasteiger partial charge in [0.1, 0.15) is 5.75 Å². The average Bonchev–Trinajstić information content (AvgIpc) is 2.96. The molecule has 2 heterocycles. The zero-order valence-corrected chi connectivity index (χ0v) is 11.9. The van der Waals surface area contributed by atoms with Crippen molar-refractivity contribution in [2.24, 2.45) is 5.84 Å². The first kappa shape index (κ1) is 13.4. The van der Waals surface area contributed by atoms with Gasteiger partial charge in [0.25, 0.3) is 5.88 Å². The van der Waals surface area contributed by atoms with E-state index in [1.54, 1.807) is 12.4 Å². The first-order valence-corrected chi connectivity index (χ1v) is 6.76. The lowest BCUT2D eigenvalue weighted by molar-refractivity contribution is 0.457. The molecule has 0 amide bonds. The van der Waals surface area contributed by atoms with Gasteiger partial charge >= 0.3 is 0 Å². The Labute approximate surface area is 122 Å². The SMILES string of the molecule is CC(C)c1ccccc1Oc1nc(NN)cn2ccnc12. The molecule has 3 rings (SSSR count). The minimum atomic E-state index is 0.354. The van der Waals surface area contributed by atoms with Crippen LogP contribution in [0.3, 0.4) is 0 Å². The lowest BCUT2D eigenvalue weighted by Crippen LogP contribution is -2.10. The molecule has 0 saturated heterocycles. The van der Waals surface area contributed by atoms with E-state index in [4.69, 9.17) is 10.6 Å². The maximum atomic E-state index is 5.99. The predicted octanol–water partition coefficient (Wildman–Crippen LogP) is 2.93. The summed E-state index contributed by atoms with van der Waals surface area (Å²) >= 11 is 0. The Bertz CT molecular complexity index is 766. The van der Waals surface area contributed by atoms with E-state index in [1.165, 1.54) is 0 Å². The molecule has 0 unspecified atom stereocenters. The smallest absolute Gasteiger partial charge is 0.265 e. The summed E-state index contributed by atoms with van der Waals surface area (Å²) in [6.07, 6.45) is 5.27. The maximum absolute atomic E-state index is 5.99. The Balaban J connectivity index is 2.07. The molecule has 0 aliphatic rings. The van der Waals surface area contributed by atoms with Gasteiger partial charge in [-0.3, -0.25) is 4.40 Å². The van der Waals surface area contributed by atoms with Crippen LogP contribution in [-0.4, -0.2) is 14.4 Å². The molecule has 0 aliphatic heterocycles. The Morgan fingerprint density at radius 1 is 1.29 bits per heavy atom. The average molecular weight is 283 g/mol. The summed E-state index contributed by atoms with van der Waals surface area (Å²) in [5.41, 5.74) is 4.30. The van der Waals surface area contributed by atoms with Gasteiger partial charge in [-0.25, -0.2) is 10.8 Å². The number of anilines is 1. The van der Waals surface area contributed by atoms with Gasteiger partial charge in [0.15, 0.2) is 5.82 Å². The lowest BCUT2D eigenvalue weighted by Gasteiger charge is -2.14. The molecular weight excluding hydrogens is 266 g/mol. The van der Waals surface area contributed by atoms with Crippen LogP contribution in [0.5, 0.6) is 11.6 Å². The number of nitrogens with zero attached hydrogens (tertiary/aromatic N) is 3. The molecule has 3 aromatic rings. The van der Waals surface area contributed by atoms with E-state index in [0.717, 1.165) is 11.3 Å². The van der Waals surface area contributed by atoms with E-state index in [-0.39, 0.29) is 0 Å². The standard InChI is InChI=1S/C15H17N5O/c1-10(2)11-5-3-4-6-12(11)21-15-14-17-7-8-20(14)9-13(18-15)19-16/h3-10,19H,16H2,1-2H3. The highest BCUT2D eigenvalue weighted by atomic mass is 16.5. The van der Waals surface area contributed by atoms with E-state index in [0.29, 0.717) is 23.3 Å². The molecule has 0 spiro atoms. The van der Waals surface area contributed by atoms with Crippen LogP contribution in [0.25, 0.3) is 5.65 Å². The van der Waals surface area contributed by atoms with Crippen LogP contribution in [0.2, 0.25) is 0 Å². The Morgan fingerprint density at radius 3 is 2.86 bits per heavy atom. The number of hydrazine groups is 1. The van der Waals surface area contributed by atoms with Gasteiger partial charge in [-0.2, -0.15) is 4.98 Å². The molecule has 0 fully saturated rings. The molecule has 0 atom stereocenters. The van der Waals surface area contributed by atoms with Crippen LogP contribution >= 0.6 is 0 Å². The molecule has 3 N–H and O–H groups in total. The summed E-state index contributed by atoms with van der Waals surface area (Å²) in [5.74, 6) is 7.51. The highest BCUT2D eigenvalue weighted by molar-refractivity contribution is 5.55. The van der Waals surface area contributed by atoms with Gasteiger partial charge in [-0.1, -0.05) is 32.0 Å². The summed E-state index contributed by atoms with van der Waals surface area (Å²) in [4.78, 5) is 8.62. The predicted molar refractivity (Wildman–Crippen MR) is 81.4 cm³/mol. The fourth-order valence-corrected chi connectivity index (χ4v) is 2.20. The van der Waals surface area contributed by atoms with E-state index >= 15 is 0 Å².